The first-order valence-corrected chi connectivity index (χ1v) is 5.62. The molecule has 4 N–H and O–H groups in total. The molecule has 0 unspecified atom stereocenters. The van der Waals surface area contributed by atoms with Crippen molar-refractivity contribution in [2.45, 2.75) is 24.0 Å². The molecule has 0 aliphatic heterocycles. The Morgan fingerprint density at radius 2 is 2.36 bits per heavy atom. The molecule has 1 aliphatic rings. The summed E-state index contributed by atoms with van der Waals surface area (Å²) in [4.78, 5) is 11.2. The van der Waals surface area contributed by atoms with E-state index >= 15 is 0 Å². The Morgan fingerprint density at radius 3 is 2.79 bits per heavy atom. The summed E-state index contributed by atoms with van der Waals surface area (Å²) < 4.78 is 0.251. The standard InChI is InChI=1S/C8H15N3O2S/c1-14-8(2-3-8)5-10-7(12)4-6(9)11-13/h13H,2-5H2,1H3,(H2,9,11)(H,10,12). The van der Waals surface area contributed by atoms with Gasteiger partial charge < -0.3 is 16.3 Å². The number of carbonyl (C=O) groups is 1. The third-order valence-electron chi connectivity index (χ3n) is 2.32. The Bertz CT molecular complexity index is 251. The minimum atomic E-state index is -0.194. The predicted molar refractivity (Wildman–Crippen MR) is 56.5 cm³/mol. The summed E-state index contributed by atoms with van der Waals surface area (Å²) >= 11 is 1.78. The Kier molecular flexibility index (Phi) is 3.62. The van der Waals surface area contributed by atoms with Gasteiger partial charge in [-0.15, -0.1) is 0 Å². The van der Waals surface area contributed by atoms with E-state index in [0.29, 0.717) is 6.54 Å². The number of hydrogen-bond donors (Lipinski definition) is 3. The molecule has 0 saturated heterocycles. The van der Waals surface area contributed by atoms with Crippen LogP contribution in [0.25, 0.3) is 0 Å². The molecule has 0 heterocycles. The van der Waals surface area contributed by atoms with Crippen LogP contribution in [-0.4, -0.2) is 34.5 Å². The molecular formula is C8H15N3O2S. The number of oxime groups is 1. The lowest BCUT2D eigenvalue weighted by Crippen LogP contribution is -2.34. The average Bonchev–Trinajstić information content (AvgIpc) is 2.95. The number of nitrogens with two attached hydrogens (primary N) is 1. The zero-order valence-electron chi connectivity index (χ0n) is 8.12. The van der Waals surface area contributed by atoms with Gasteiger partial charge in [-0.3, -0.25) is 4.79 Å². The predicted octanol–water partition coefficient (Wildman–Crippen LogP) is 0.135. The zero-order valence-corrected chi connectivity index (χ0v) is 8.93. The van der Waals surface area contributed by atoms with Gasteiger partial charge in [0.1, 0.15) is 5.84 Å². The van der Waals surface area contributed by atoms with Gasteiger partial charge in [0.25, 0.3) is 0 Å². The first-order valence-electron chi connectivity index (χ1n) is 4.40. The van der Waals surface area contributed by atoms with Crippen molar-refractivity contribution in [1.29, 1.82) is 0 Å². The van der Waals surface area contributed by atoms with Crippen LogP contribution in [0.15, 0.2) is 5.16 Å². The Morgan fingerprint density at radius 1 is 1.71 bits per heavy atom. The van der Waals surface area contributed by atoms with Crippen molar-refractivity contribution >= 4 is 23.5 Å². The SMILES string of the molecule is CSC1(CNC(=O)CC(N)=NO)CC1. The van der Waals surface area contributed by atoms with E-state index in [2.05, 4.69) is 10.5 Å². The highest BCUT2D eigenvalue weighted by Gasteiger charge is 2.41. The maximum absolute atomic E-state index is 11.2. The summed E-state index contributed by atoms with van der Waals surface area (Å²) in [7, 11) is 0. The van der Waals surface area contributed by atoms with E-state index in [1.54, 1.807) is 11.8 Å². The number of thioether (sulfide) groups is 1. The van der Waals surface area contributed by atoms with E-state index in [0.717, 1.165) is 12.8 Å². The molecule has 0 atom stereocenters. The first-order chi connectivity index (χ1) is 6.62. The first kappa shape index (κ1) is 11.2. The second kappa shape index (κ2) is 4.54. The number of hydrogen-bond acceptors (Lipinski definition) is 4. The van der Waals surface area contributed by atoms with Crippen molar-refractivity contribution in [2.24, 2.45) is 10.9 Å². The number of nitrogens with zero attached hydrogens (tertiary/aromatic N) is 1. The third-order valence-corrected chi connectivity index (χ3v) is 3.74. The van der Waals surface area contributed by atoms with Gasteiger partial charge in [-0.1, -0.05) is 5.16 Å². The second-order valence-corrected chi connectivity index (χ2v) is 4.71. The summed E-state index contributed by atoms with van der Waals surface area (Å²) in [6.45, 7) is 0.672. The molecule has 80 valence electrons. The van der Waals surface area contributed by atoms with Gasteiger partial charge in [0.05, 0.1) is 6.42 Å². The molecule has 14 heavy (non-hydrogen) atoms. The van der Waals surface area contributed by atoms with Gasteiger partial charge in [0, 0.05) is 11.3 Å². The van der Waals surface area contributed by atoms with E-state index in [1.807, 2.05) is 6.26 Å². The van der Waals surface area contributed by atoms with E-state index in [4.69, 9.17) is 10.9 Å². The number of amidine groups is 1. The summed E-state index contributed by atoms with van der Waals surface area (Å²) in [5.41, 5.74) is 5.20. The molecule has 5 nitrogen and oxygen atoms in total. The van der Waals surface area contributed by atoms with Crippen molar-refractivity contribution in [1.82, 2.24) is 5.32 Å². The molecule has 1 saturated carbocycles. The summed E-state index contributed by atoms with van der Waals surface area (Å²) in [6, 6.07) is 0. The van der Waals surface area contributed by atoms with Crippen LogP contribution >= 0.6 is 11.8 Å². The second-order valence-electron chi connectivity index (χ2n) is 3.43. The summed E-state index contributed by atoms with van der Waals surface area (Å²) in [5, 5.41) is 13.8. The minimum Gasteiger partial charge on any atom is -0.409 e. The van der Waals surface area contributed by atoms with Crippen LogP contribution in [0.1, 0.15) is 19.3 Å². The van der Waals surface area contributed by atoms with Gasteiger partial charge in [0.2, 0.25) is 5.91 Å². The summed E-state index contributed by atoms with van der Waals surface area (Å²) in [5.74, 6) is -0.253. The van der Waals surface area contributed by atoms with Crippen LogP contribution in [0.3, 0.4) is 0 Å². The molecule has 1 fully saturated rings. The van der Waals surface area contributed by atoms with Crippen molar-refractivity contribution in [3.8, 4) is 0 Å². The Labute approximate surface area is 87.1 Å². The minimum absolute atomic E-state index is 0.0407. The fraction of sp³-hybridized carbons (Fsp3) is 0.750. The lowest BCUT2D eigenvalue weighted by Gasteiger charge is -2.12. The topological polar surface area (TPSA) is 87.7 Å². The number of amides is 1. The van der Waals surface area contributed by atoms with Crippen LogP contribution in [0.2, 0.25) is 0 Å². The van der Waals surface area contributed by atoms with Gasteiger partial charge >= 0.3 is 0 Å². The normalized spacial score (nSPS) is 19.1. The van der Waals surface area contributed by atoms with Crippen LogP contribution in [0.4, 0.5) is 0 Å². The molecule has 0 spiro atoms. The van der Waals surface area contributed by atoms with Gasteiger partial charge in [-0.2, -0.15) is 11.8 Å². The fourth-order valence-electron chi connectivity index (χ4n) is 1.11. The number of rotatable bonds is 5. The van der Waals surface area contributed by atoms with Gasteiger partial charge in [0.15, 0.2) is 0 Å². The highest BCUT2D eigenvalue weighted by molar-refractivity contribution is 8.00. The molecule has 0 aromatic carbocycles. The highest BCUT2D eigenvalue weighted by atomic mass is 32.2. The zero-order chi connectivity index (χ0) is 10.6. The molecule has 1 rings (SSSR count). The van der Waals surface area contributed by atoms with Crippen molar-refractivity contribution in [2.75, 3.05) is 12.8 Å². The lowest BCUT2D eigenvalue weighted by atomic mass is 10.3. The molecule has 1 amide bonds. The maximum Gasteiger partial charge on any atom is 0.227 e. The monoisotopic (exact) mass is 217 g/mol. The van der Waals surface area contributed by atoms with Crippen molar-refractivity contribution in [3.63, 3.8) is 0 Å². The largest absolute Gasteiger partial charge is 0.409 e. The smallest absolute Gasteiger partial charge is 0.227 e. The van der Waals surface area contributed by atoms with Crippen LogP contribution in [0, 0.1) is 0 Å². The molecule has 1 aliphatic carbocycles. The van der Waals surface area contributed by atoms with E-state index < -0.39 is 0 Å². The molecule has 0 aromatic heterocycles. The Hall–Kier alpha value is -0.910. The van der Waals surface area contributed by atoms with E-state index in [-0.39, 0.29) is 22.9 Å². The molecule has 6 heteroatoms. The van der Waals surface area contributed by atoms with Gasteiger partial charge in [-0.05, 0) is 19.1 Å². The van der Waals surface area contributed by atoms with Crippen molar-refractivity contribution in [3.05, 3.63) is 0 Å². The van der Waals surface area contributed by atoms with Crippen LogP contribution in [-0.2, 0) is 4.79 Å². The lowest BCUT2D eigenvalue weighted by molar-refractivity contribution is -0.119. The Balaban J connectivity index is 2.22. The highest BCUT2D eigenvalue weighted by Crippen LogP contribution is 2.46. The molecular weight excluding hydrogens is 202 g/mol. The van der Waals surface area contributed by atoms with E-state index in [1.165, 1.54) is 0 Å². The van der Waals surface area contributed by atoms with Gasteiger partial charge in [-0.25, -0.2) is 0 Å². The molecule has 0 bridgehead atoms. The van der Waals surface area contributed by atoms with Crippen molar-refractivity contribution < 1.29 is 10.0 Å². The summed E-state index contributed by atoms with van der Waals surface area (Å²) in [6.07, 6.45) is 4.31. The number of nitrogens with one attached hydrogen (secondary N) is 1. The van der Waals surface area contributed by atoms with Crippen LogP contribution in [0.5, 0.6) is 0 Å². The fourth-order valence-corrected chi connectivity index (χ4v) is 1.84. The third kappa shape index (κ3) is 3.10. The maximum atomic E-state index is 11.2. The number of carbonyl (C=O) groups excluding carboxylic acids is 1. The molecule has 0 aromatic rings. The molecule has 0 radical (unpaired) electrons. The quantitative estimate of drug-likeness (QED) is 0.264. The van der Waals surface area contributed by atoms with E-state index in [9.17, 15) is 4.79 Å². The average molecular weight is 217 g/mol. The van der Waals surface area contributed by atoms with Crippen LogP contribution < -0.4 is 11.1 Å².